The monoisotopic (exact) mass is 199 g/mol. The number of hydrogen-bond donors (Lipinski definition) is 2. The van der Waals surface area contributed by atoms with E-state index in [1.807, 2.05) is 0 Å². The van der Waals surface area contributed by atoms with Crippen LogP contribution < -0.4 is 5.32 Å². The zero-order valence-corrected chi connectivity index (χ0v) is 8.80. The third kappa shape index (κ3) is 4.61. The van der Waals surface area contributed by atoms with Crippen LogP contribution in [-0.2, 0) is 4.79 Å². The summed E-state index contributed by atoms with van der Waals surface area (Å²) in [5.41, 5.74) is 0. The molecule has 1 atom stereocenters. The van der Waals surface area contributed by atoms with Crippen LogP contribution in [0.3, 0.4) is 0 Å². The number of hydrogen-bond acceptors (Lipinski definition) is 2. The summed E-state index contributed by atoms with van der Waals surface area (Å²) in [6, 6.07) is -0.269. The van der Waals surface area contributed by atoms with Crippen LogP contribution in [0.5, 0.6) is 0 Å². The fraction of sp³-hybridized carbons (Fsp3) is 0.909. The van der Waals surface area contributed by atoms with Crippen LogP contribution in [-0.4, -0.2) is 23.7 Å². The van der Waals surface area contributed by atoms with Gasteiger partial charge in [-0.15, -0.1) is 0 Å². The van der Waals surface area contributed by atoms with Gasteiger partial charge in [-0.05, 0) is 19.4 Å². The fourth-order valence-corrected chi connectivity index (χ4v) is 1.96. The molecule has 3 heteroatoms. The Bertz CT molecular complexity index is 149. The Kier molecular flexibility index (Phi) is 5.60. The largest absolute Gasteiger partial charge is 0.480 e. The Labute approximate surface area is 85.9 Å². The first-order chi connectivity index (χ1) is 6.80. The molecule has 0 bridgehead atoms. The molecule has 0 aromatic carbocycles. The van der Waals surface area contributed by atoms with Gasteiger partial charge in [-0.3, -0.25) is 4.79 Å². The second kappa shape index (κ2) is 6.82. The average molecular weight is 199 g/mol. The molecule has 82 valence electrons. The van der Waals surface area contributed by atoms with E-state index in [0.717, 1.165) is 19.4 Å². The van der Waals surface area contributed by atoms with Crippen LogP contribution in [0.15, 0.2) is 0 Å². The van der Waals surface area contributed by atoms with Crippen LogP contribution in [0, 0.1) is 0 Å². The second-order valence-electron chi connectivity index (χ2n) is 4.11. The van der Waals surface area contributed by atoms with Gasteiger partial charge in [-0.2, -0.15) is 0 Å². The quantitative estimate of drug-likeness (QED) is 0.680. The van der Waals surface area contributed by atoms with Crippen molar-refractivity contribution in [2.45, 2.75) is 57.4 Å². The zero-order chi connectivity index (χ0) is 10.2. The lowest BCUT2D eigenvalue weighted by Gasteiger charge is -2.05. The van der Waals surface area contributed by atoms with Crippen molar-refractivity contribution in [1.82, 2.24) is 5.32 Å². The van der Waals surface area contributed by atoms with E-state index in [2.05, 4.69) is 5.32 Å². The summed E-state index contributed by atoms with van der Waals surface area (Å²) in [6.45, 7) is 0.858. The van der Waals surface area contributed by atoms with Crippen molar-refractivity contribution in [3.8, 4) is 0 Å². The molecular weight excluding hydrogens is 178 g/mol. The molecule has 2 N–H and O–H groups in total. The first-order valence-electron chi connectivity index (χ1n) is 5.77. The summed E-state index contributed by atoms with van der Waals surface area (Å²) in [4.78, 5) is 10.1. The van der Waals surface area contributed by atoms with Crippen LogP contribution >= 0.6 is 0 Å². The number of carboxylic acids is 1. The van der Waals surface area contributed by atoms with Crippen LogP contribution in [0.4, 0.5) is 0 Å². The smallest absolute Gasteiger partial charge is 0.320 e. The number of nitrogens with one attached hydrogen (secondary N) is 1. The molecule has 1 heterocycles. The zero-order valence-electron chi connectivity index (χ0n) is 8.80. The summed E-state index contributed by atoms with van der Waals surface area (Å²) >= 11 is 0. The maximum Gasteiger partial charge on any atom is 0.320 e. The molecule has 0 spiro atoms. The Morgan fingerprint density at radius 3 is 1.71 bits per heavy atom. The molecular formula is C11H21NO2. The highest BCUT2D eigenvalue weighted by Gasteiger charge is 2.20. The summed E-state index contributed by atoms with van der Waals surface area (Å²) in [5, 5.41) is 11.2. The van der Waals surface area contributed by atoms with E-state index in [4.69, 9.17) is 5.11 Å². The lowest BCUT2D eigenvalue weighted by atomic mass is 10.0. The molecule has 1 aliphatic carbocycles. The molecule has 1 saturated heterocycles. The molecule has 0 aromatic rings. The van der Waals surface area contributed by atoms with E-state index in [1.54, 1.807) is 0 Å². The Balaban J connectivity index is 0.000000146. The van der Waals surface area contributed by atoms with Gasteiger partial charge in [0.05, 0.1) is 0 Å². The van der Waals surface area contributed by atoms with E-state index in [9.17, 15) is 4.79 Å². The van der Waals surface area contributed by atoms with Crippen molar-refractivity contribution in [1.29, 1.82) is 0 Å². The molecule has 0 radical (unpaired) electrons. The minimum atomic E-state index is -0.720. The highest BCUT2D eigenvalue weighted by atomic mass is 16.4. The molecule has 0 amide bonds. The first kappa shape index (κ1) is 11.5. The molecule has 0 aromatic heterocycles. The van der Waals surface area contributed by atoms with Gasteiger partial charge in [0.15, 0.2) is 0 Å². The van der Waals surface area contributed by atoms with Gasteiger partial charge in [0.2, 0.25) is 0 Å². The minimum Gasteiger partial charge on any atom is -0.480 e. The number of carboxylic acid groups (broad SMARTS) is 1. The van der Waals surface area contributed by atoms with E-state index in [0.29, 0.717) is 0 Å². The van der Waals surface area contributed by atoms with Crippen molar-refractivity contribution in [3.63, 3.8) is 0 Å². The summed E-state index contributed by atoms with van der Waals surface area (Å²) in [6.07, 6.45) is 10.8. The minimum absolute atomic E-state index is 0.269. The maximum absolute atomic E-state index is 10.1. The van der Waals surface area contributed by atoms with Crippen LogP contribution in [0.1, 0.15) is 51.4 Å². The molecule has 14 heavy (non-hydrogen) atoms. The molecule has 1 unspecified atom stereocenters. The van der Waals surface area contributed by atoms with Gasteiger partial charge in [-0.1, -0.05) is 38.5 Å². The Morgan fingerprint density at radius 2 is 1.50 bits per heavy atom. The Hall–Kier alpha value is -0.570. The van der Waals surface area contributed by atoms with Gasteiger partial charge in [-0.25, -0.2) is 0 Å². The molecule has 2 rings (SSSR count). The maximum atomic E-state index is 10.1. The van der Waals surface area contributed by atoms with Crippen LogP contribution in [0.2, 0.25) is 0 Å². The lowest BCUT2D eigenvalue weighted by molar-refractivity contribution is -0.139. The first-order valence-corrected chi connectivity index (χ1v) is 5.77. The lowest BCUT2D eigenvalue weighted by Crippen LogP contribution is -2.29. The highest BCUT2D eigenvalue weighted by Crippen LogP contribution is 2.15. The molecule has 2 aliphatic rings. The highest BCUT2D eigenvalue weighted by molar-refractivity contribution is 5.73. The molecule has 1 aliphatic heterocycles. The number of aliphatic carboxylic acids is 1. The van der Waals surface area contributed by atoms with E-state index in [1.165, 1.54) is 38.5 Å². The van der Waals surface area contributed by atoms with Gasteiger partial charge in [0.25, 0.3) is 0 Å². The second-order valence-corrected chi connectivity index (χ2v) is 4.11. The third-order valence-corrected chi connectivity index (χ3v) is 2.86. The van der Waals surface area contributed by atoms with Crippen molar-refractivity contribution in [3.05, 3.63) is 0 Å². The summed E-state index contributed by atoms with van der Waals surface area (Å²) in [5.74, 6) is -0.720. The molecule has 2 fully saturated rings. The van der Waals surface area contributed by atoms with Crippen molar-refractivity contribution >= 4 is 5.97 Å². The normalized spacial score (nSPS) is 26.4. The predicted octanol–water partition coefficient (Wildman–Crippen LogP) is 2.16. The molecule has 1 saturated carbocycles. The number of rotatable bonds is 1. The van der Waals surface area contributed by atoms with Crippen molar-refractivity contribution < 1.29 is 9.90 Å². The van der Waals surface area contributed by atoms with E-state index in [-0.39, 0.29) is 6.04 Å². The van der Waals surface area contributed by atoms with E-state index >= 15 is 0 Å². The van der Waals surface area contributed by atoms with Gasteiger partial charge in [0, 0.05) is 0 Å². The average Bonchev–Trinajstić information content (AvgIpc) is 2.74. The van der Waals surface area contributed by atoms with Gasteiger partial charge < -0.3 is 10.4 Å². The number of carbonyl (C=O) groups is 1. The SMILES string of the molecule is C1CCCCC1.O=C(O)C1CCCN1. The van der Waals surface area contributed by atoms with Crippen molar-refractivity contribution in [2.24, 2.45) is 0 Å². The standard InChI is InChI=1S/C6H12.C5H9NO2/c1-2-4-6-5-3-1;7-5(8)4-2-1-3-6-4/h1-6H2;4,6H,1-3H2,(H,7,8). The van der Waals surface area contributed by atoms with E-state index < -0.39 is 5.97 Å². The fourth-order valence-electron chi connectivity index (χ4n) is 1.96. The van der Waals surface area contributed by atoms with Crippen molar-refractivity contribution in [2.75, 3.05) is 6.54 Å². The topological polar surface area (TPSA) is 49.3 Å². The van der Waals surface area contributed by atoms with Gasteiger partial charge in [0.1, 0.15) is 6.04 Å². The summed E-state index contributed by atoms with van der Waals surface area (Å²) in [7, 11) is 0. The summed E-state index contributed by atoms with van der Waals surface area (Å²) < 4.78 is 0. The molecule has 3 nitrogen and oxygen atoms in total. The third-order valence-electron chi connectivity index (χ3n) is 2.86. The Morgan fingerprint density at radius 1 is 1.00 bits per heavy atom. The van der Waals surface area contributed by atoms with Crippen LogP contribution in [0.25, 0.3) is 0 Å². The van der Waals surface area contributed by atoms with Gasteiger partial charge >= 0.3 is 5.97 Å². The predicted molar refractivity (Wildman–Crippen MR) is 56.4 cm³/mol.